The number of nitrogen functional groups attached to an aromatic ring is 1. The average molecular weight is 235 g/mol. The Morgan fingerprint density at radius 3 is 2.65 bits per heavy atom. The van der Waals surface area contributed by atoms with Crippen molar-refractivity contribution in [2.45, 2.75) is 33.2 Å². The molecule has 0 aliphatic carbocycles. The highest BCUT2D eigenvalue weighted by atomic mass is 19.1. The number of nitrogens with two attached hydrogens (primary N) is 1. The average Bonchev–Trinajstić information content (AvgIpc) is 2.25. The standard InChI is InChI=1S/C13H18FN3/c1-9(2)17(6-4-5-15)13-7-10(3)11(14)8-12(13)16/h7-9H,4,6,16H2,1-3H3. The number of hydrogen-bond acceptors (Lipinski definition) is 3. The second kappa shape index (κ2) is 5.53. The van der Waals surface area contributed by atoms with Crippen molar-refractivity contribution in [2.75, 3.05) is 17.2 Å². The molecule has 0 heterocycles. The van der Waals surface area contributed by atoms with Crippen molar-refractivity contribution in [1.82, 2.24) is 0 Å². The van der Waals surface area contributed by atoms with Crippen LogP contribution in [0.3, 0.4) is 0 Å². The Balaban J connectivity index is 3.10. The minimum absolute atomic E-state index is 0.218. The van der Waals surface area contributed by atoms with Crippen molar-refractivity contribution < 1.29 is 4.39 Å². The van der Waals surface area contributed by atoms with E-state index in [4.69, 9.17) is 11.0 Å². The van der Waals surface area contributed by atoms with Gasteiger partial charge in [-0.1, -0.05) is 0 Å². The minimum atomic E-state index is -0.296. The molecule has 0 unspecified atom stereocenters. The maximum Gasteiger partial charge on any atom is 0.128 e. The monoisotopic (exact) mass is 235 g/mol. The van der Waals surface area contributed by atoms with E-state index in [0.29, 0.717) is 24.2 Å². The van der Waals surface area contributed by atoms with E-state index in [2.05, 4.69) is 6.07 Å². The molecule has 0 saturated heterocycles. The first kappa shape index (κ1) is 13.3. The highest BCUT2D eigenvalue weighted by Gasteiger charge is 2.14. The van der Waals surface area contributed by atoms with Crippen LogP contribution in [0.25, 0.3) is 0 Å². The zero-order chi connectivity index (χ0) is 13.0. The van der Waals surface area contributed by atoms with E-state index >= 15 is 0 Å². The van der Waals surface area contributed by atoms with Crippen molar-refractivity contribution in [2.24, 2.45) is 0 Å². The van der Waals surface area contributed by atoms with E-state index in [0.717, 1.165) is 5.69 Å². The number of hydrogen-bond donors (Lipinski definition) is 1. The highest BCUT2D eigenvalue weighted by Crippen LogP contribution is 2.28. The van der Waals surface area contributed by atoms with Gasteiger partial charge in [-0.05, 0) is 38.5 Å². The summed E-state index contributed by atoms with van der Waals surface area (Å²) in [6.07, 6.45) is 0.425. The molecule has 0 saturated carbocycles. The van der Waals surface area contributed by atoms with E-state index in [9.17, 15) is 4.39 Å². The van der Waals surface area contributed by atoms with E-state index in [1.165, 1.54) is 6.07 Å². The van der Waals surface area contributed by atoms with Crippen molar-refractivity contribution >= 4 is 11.4 Å². The maximum absolute atomic E-state index is 13.3. The molecular formula is C13H18FN3. The molecule has 0 amide bonds. The quantitative estimate of drug-likeness (QED) is 0.816. The van der Waals surface area contributed by atoms with Gasteiger partial charge in [-0.15, -0.1) is 0 Å². The summed E-state index contributed by atoms with van der Waals surface area (Å²) in [5.74, 6) is -0.296. The zero-order valence-corrected chi connectivity index (χ0v) is 10.5. The van der Waals surface area contributed by atoms with Gasteiger partial charge in [0, 0.05) is 12.6 Å². The molecule has 0 spiro atoms. The molecule has 4 heteroatoms. The summed E-state index contributed by atoms with van der Waals surface area (Å²) in [5, 5.41) is 8.64. The van der Waals surface area contributed by atoms with Gasteiger partial charge in [0.2, 0.25) is 0 Å². The van der Waals surface area contributed by atoms with Gasteiger partial charge in [-0.2, -0.15) is 5.26 Å². The SMILES string of the molecule is Cc1cc(N(CCC#N)C(C)C)c(N)cc1F. The molecule has 0 aliphatic rings. The molecule has 1 aromatic carbocycles. The Hall–Kier alpha value is -1.76. The molecule has 3 nitrogen and oxygen atoms in total. The topological polar surface area (TPSA) is 53.0 Å². The predicted molar refractivity (Wildman–Crippen MR) is 68.3 cm³/mol. The number of nitriles is 1. The Kier molecular flexibility index (Phi) is 4.33. The van der Waals surface area contributed by atoms with Crippen LogP contribution < -0.4 is 10.6 Å². The van der Waals surface area contributed by atoms with Gasteiger partial charge in [0.05, 0.1) is 23.9 Å². The number of halogens is 1. The normalized spacial score (nSPS) is 10.4. The number of aryl methyl sites for hydroxylation is 1. The minimum Gasteiger partial charge on any atom is -0.397 e. The van der Waals surface area contributed by atoms with Crippen molar-refractivity contribution in [3.05, 3.63) is 23.5 Å². The van der Waals surface area contributed by atoms with Crippen LogP contribution in [0, 0.1) is 24.1 Å². The summed E-state index contributed by atoms with van der Waals surface area (Å²) in [6.45, 7) is 6.36. The third kappa shape index (κ3) is 3.10. The molecule has 0 radical (unpaired) electrons. The maximum atomic E-state index is 13.3. The van der Waals surface area contributed by atoms with Crippen LogP contribution in [0.15, 0.2) is 12.1 Å². The lowest BCUT2D eigenvalue weighted by Gasteiger charge is -2.29. The fourth-order valence-corrected chi connectivity index (χ4v) is 1.76. The summed E-state index contributed by atoms with van der Waals surface area (Å²) in [7, 11) is 0. The summed E-state index contributed by atoms with van der Waals surface area (Å²) in [4.78, 5) is 2.02. The number of nitrogens with zero attached hydrogens (tertiary/aromatic N) is 2. The van der Waals surface area contributed by atoms with Crippen molar-refractivity contribution in [3.8, 4) is 6.07 Å². The summed E-state index contributed by atoms with van der Waals surface area (Å²) in [6, 6.07) is 5.41. The lowest BCUT2D eigenvalue weighted by molar-refractivity contribution is 0.617. The lowest BCUT2D eigenvalue weighted by Crippen LogP contribution is -2.32. The fourth-order valence-electron chi connectivity index (χ4n) is 1.76. The molecule has 0 atom stereocenters. The predicted octanol–water partition coefficient (Wildman–Crippen LogP) is 2.84. The van der Waals surface area contributed by atoms with E-state index in [-0.39, 0.29) is 11.9 Å². The summed E-state index contributed by atoms with van der Waals surface area (Å²) in [5.41, 5.74) is 7.62. The van der Waals surface area contributed by atoms with Gasteiger partial charge in [-0.25, -0.2) is 4.39 Å². The first-order chi connectivity index (χ1) is 7.97. The Morgan fingerprint density at radius 1 is 1.47 bits per heavy atom. The highest BCUT2D eigenvalue weighted by molar-refractivity contribution is 5.69. The van der Waals surface area contributed by atoms with Crippen LogP contribution in [0.4, 0.5) is 15.8 Å². The van der Waals surface area contributed by atoms with Crippen LogP contribution >= 0.6 is 0 Å². The first-order valence-corrected chi connectivity index (χ1v) is 5.66. The smallest absolute Gasteiger partial charge is 0.128 e. The van der Waals surface area contributed by atoms with Gasteiger partial charge in [0.15, 0.2) is 0 Å². The van der Waals surface area contributed by atoms with Gasteiger partial charge >= 0.3 is 0 Å². The molecule has 2 N–H and O–H groups in total. The van der Waals surface area contributed by atoms with E-state index in [1.807, 2.05) is 18.7 Å². The van der Waals surface area contributed by atoms with Gasteiger partial charge in [0.1, 0.15) is 5.82 Å². The number of anilines is 2. The number of benzene rings is 1. The Labute approximate surface area is 102 Å². The van der Waals surface area contributed by atoms with E-state index in [1.54, 1.807) is 13.0 Å². The summed E-state index contributed by atoms with van der Waals surface area (Å²) < 4.78 is 13.3. The second-order valence-corrected chi connectivity index (χ2v) is 4.36. The van der Waals surface area contributed by atoms with Crippen LogP contribution in [0.2, 0.25) is 0 Å². The second-order valence-electron chi connectivity index (χ2n) is 4.36. The van der Waals surface area contributed by atoms with Gasteiger partial charge in [0.25, 0.3) is 0 Å². The summed E-state index contributed by atoms with van der Waals surface area (Å²) >= 11 is 0. The first-order valence-electron chi connectivity index (χ1n) is 5.66. The molecule has 0 fully saturated rings. The molecule has 1 aromatic rings. The van der Waals surface area contributed by atoms with Gasteiger partial charge in [-0.3, -0.25) is 0 Å². The fraction of sp³-hybridized carbons (Fsp3) is 0.462. The van der Waals surface area contributed by atoms with Crippen molar-refractivity contribution in [1.29, 1.82) is 5.26 Å². The molecule has 92 valence electrons. The molecular weight excluding hydrogens is 217 g/mol. The largest absolute Gasteiger partial charge is 0.397 e. The lowest BCUT2D eigenvalue weighted by atomic mass is 10.1. The molecule has 1 rings (SSSR count). The molecule has 0 aliphatic heterocycles. The van der Waals surface area contributed by atoms with Crippen molar-refractivity contribution in [3.63, 3.8) is 0 Å². The molecule has 0 aromatic heterocycles. The third-order valence-corrected chi connectivity index (χ3v) is 2.71. The number of rotatable bonds is 4. The van der Waals surface area contributed by atoms with Crippen LogP contribution in [0.1, 0.15) is 25.8 Å². The van der Waals surface area contributed by atoms with Gasteiger partial charge < -0.3 is 10.6 Å². The Bertz CT molecular complexity index is 435. The van der Waals surface area contributed by atoms with Crippen LogP contribution in [0.5, 0.6) is 0 Å². The third-order valence-electron chi connectivity index (χ3n) is 2.71. The Morgan fingerprint density at radius 2 is 2.12 bits per heavy atom. The van der Waals surface area contributed by atoms with Crippen LogP contribution in [-0.2, 0) is 0 Å². The van der Waals surface area contributed by atoms with E-state index < -0.39 is 0 Å². The molecule has 0 bridgehead atoms. The molecule has 17 heavy (non-hydrogen) atoms. The zero-order valence-electron chi connectivity index (χ0n) is 10.5. The van der Waals surface area contributed by atoms with Crippen LogP contribution in [-0.4, -0.2) is 12.6 Å².